The zero-order valence-electron chi connectivity index (χ0n) is 10.9. The monoisotopic (exact) mass is 247 g/mol. The molecule has 0 radical (unpaired) electrons. The van der Waals surface area contributed by atoms with E-state index in [2.05, 4.69) is 30.4 Å². The van der Waals surface area contributed by atoms with Gasteiger partial charge in [-0.1, -0.05) is 29.8 Å². The Hall–Kier alpha value is -1.35. The molecule has 2 rings (SSSR count). The average Bonchev–Trinajstić information content (AvgIpc) is 2.87. The first-order valence-electron chi connectivity index (χ1n) is 6.68. The Labute approximate surface area is 109 Å². The highest BCUT2D eigenvalue weighted by Crippen LogP contribution is 2.11. The predicted octanol–water partition coefficient (Wildman–Crippen LogP) is 2.22. The summed E-state index contributed by atoms with van der Waals surface area (Å²) in [5.74, 6) is 0.118. The van der Waals surface area contributed by atoms with Gasteiger partial charge in [-0.15, -0.1) is 0 Å². The molecule has 1 atom stereocenters. The average molecular weight is 247 g/mol. The Balaban J connectivity index is 1.68. The minimum Gasteiger partial charge on any atom is -0.376 e. The molecule has 3 heteroatoms. The van der Waals surface area contributed by atoms with Crippen LogP contribution in [0.25, 0.3) is 0 Å². The number of carbonyl (C=O) groups excluding carboxylic acids is 1. The number of amides is 1. The maximum Gasteiger partial charge on any atom is 0.220 e. The number of nitrogens with one attached hydrogen (secondary N) is 1. The van der Waals surface area contributed by atoms with Crippen LogP contribution in [0.2, 0.25) is 0 Å². The van der Waals surface area contributed by atoms with Gasteiger partial charge >= 0.3 is 0 Å². The maximum atomic E-state index is 11.7. The summed E-state index contributed by atoms with van der Waals surface area (Å²) in [6.45, 7) is 3.57. The molecule has 0 bridgehead atoms. The van der Waals surface area contributed by atoms with Gasteiger partial charge in [-0.3, -0.25) is 4.79 Å². The highest BCUT2D eigenvalue weighted by Gasteiger charge is 2.15. The second-order valence-corrected chi connectivity index (χ2v) is 4.93. The molecule has 1 aliphatic rings. The quantitative estimate of drug-likeness (QED) is 0.866. The van der Waals surface area contributed by atoms with Crippen LogP contribution >= 0.6 is 0 Å². The van der Waals surface area contributed by atoms with Gasteiger partial charge < -0.3 is 10.1 Å². The molecule has 1 N–H and O–H groups in total. The number of hydrogen-bond donors (Lipinski definition) is 1. The lowest BCUT2D eigenvalue weighted by Crippen LogP contribution is -2.31. The molecule has 1 aromatic carbocycles. The normalized spacial score (nSPS) is 18.8. The highest BCUT2D eigenvalue weighted by molar-refractivity contribution is 5.76. The Bertz CT molecular complexity index is 397. The number of hydrogen-bond acceptors (Lipinski definition) is 2. The number of rotatable bonds is 5. The number of benzene rings is 1. The Morgan fingerprint density at radius 2 is 2.39 bits per heavy atom. The van der Waals surface area contributed by atoms with Crippen molar-refractivity contribution in [2.75, 3.05) is 13.2 Å². The van der Waals surface area contributed by atoms with Gasteiger partial charge in [0.25, 0.3) is 0 Å². The third-order valence-corrected chi connectivity index (χ3v) is 3.27. The van der Waals surface area contributed by atoms with E-state index in [0.29, 0.717) is 13.0 Å². The summed E-state index contributed by atoms with van der Waals surface area (Å²) < 4.78 is 5.47. The molecule has 0 aromatic heterocycles. The van der Waals surface area contributed by atoms with E-state index in [4.69, 9.17) is 4.74 Å². The lowest BCUT2D eigenvalue weighted by atomic mass is 10.1. The molecule has 0 spiro atoms. The van der Waals surface area contributed by atoms with E-state index < -0.39 is 0 Å². The van der Waals surface area contributed by atoms with Crippen LogP contribution in [0.5, 0.6) is 0 Å². The molecule has 0 saturated carbocycles. The third-order valence-electron chi connectivity index (χ3n) is 3.27. The van der Waals surface area contributed by atoms with E-state index in [1.165, 1.54) is 11.1 Å². The summed E-state index contributed by atoms with van der Waals surface area (Å²) in [6, 6.07) is 8.31. The molecule has 1 unspecified atom stereocenters. The van der Waals surface area contributed by atoms with Crippen molar-refractivity contribution >= 4 is 5.91 Å². The zero-order valence-corrected chi connectivity index (χ0v) is 10.9. The minimum atomic E-state index is 0.118. The lowest BCUT2D eigenvalue weighted by molar-refractivity contribution is -0.121. The Morgan fingerprint density at radius 1 is 1.50 bits per heavy atom. The van der Waals surface area contributed by atoms with Crippen LogP contribution in [0.4, 0.5) is 0 Å². The zero-order chi connectivity index (χ0) is 12.8. The van der Waals surface area contributed by atoms with Gasteiger partial charge in [-0.25, -0.2) is 0 Å². The fourth-order valence-corrected chi connectivity index (χ4v) is 2.25. The van der Waals surface area contributed by atoms with Crippen molar-refractivity contribution in [3.63, 3.8) is 0 Å². The summed E-state index contributed by atoms with van der Waals surface area (Å²) >= 11 is 0. The van der Waals surface area contributed by atoms with E-state index >= 15 is 0 Å². The van der Waals surface area contributed by atoms with Gasteiger partial charge in [0.1, 0.15) is 0 Å². The van der Waals surface area contributed by atoms with Crippen LogP contribution in [0, 0.1) is 6.92 Å². The standard InChI is InChI=1S/C15H21NO2/c1-12-4-2-5-13(10-12)7-8-15(17)16-11-14-6-3-9-18-14/h2,4-5,10,14H,3,6-9,11H2,1H3,(H,16,17). The maximum absolute atomic E-state index is 11.7. The molecule has 1 amide bonds. The molecule has 18 heavy (non-hydrogen) atoms. The van der Waals surface area contributed by atoms with E-state index in [1.54, 1.807) is 0 Å². The van der Waals surface area contributed by atoms with Crippen molar-refractivity contribution in [2.24, 2.45) is 0 Å². The van der Waals surface area contributed by atoms with Gasteiger partial charge in [0.05, 0.1) is 6.10 Å². The van der Waals surface area contributed by atoms with Crippen molar-refractivity contribution < 1.29 is 9.53 Å². The summed E-state index contributed by atoms with van der Waals surface area (Å²) in [6.07, 6.45) is 3.77. The van der Waals surface area contributed by atoms with Crippen molar-refractivity contribution in [3.8, 4) is 0 Å². The summed E-state index contributed by atoms with van der Waals surface area (Å²) in [5, 5.41) is 2.95. The van der Waals surface area contributed by atoms with Crippen molar-refractivity contribution in [1.82, 2.24) is 5.32 Å². The first-order valence-corrected chi connectivity index (χ1v) is 6.68. The SMILES string of the molecule is Cc1cccc(CCC(=O)NCC2CCCO2)c1. The molecule has 98 valence electrons. The number of aryl methyl sites for hydroxylation is 2. The molecule has 1 heterocycles. The van der Waals surface area contributed by atoms with Crippen LogP contribution in [0.1, 0.15) is 30.4 Å². The third kappa shape index (κ3) is 4.15. The van der Waals surface area contributed by atoms with Crippen molar-refractivity contribution in [2.45, 2.75) is 38.7 Å². The highest BCUT2D eigenvalue weighted by atomic mass is 16.5. The van der Waals surface area contributed by atoms with Gasteiger partial charge in [-0.2, -0.15) is 0 Å². The summed E-state index contributed by atoms with van der Waals surface area (Å²) in [4.78, 5) is 11.7. The second kappa shape index (κ2) is 6.55. The molecule has 1 aromatic rings. The number of carbonyl (C=O) groups is 1. The molecular formula is C15H21NO2. The molecular weight excluding hydrogens is 226 g/mol. The Kier molecular flexibility index (Phi) is 4.76. The van der Waals surface area contributed by atoms with E-state index in [9.17, 15) is 4.79 Å². The van der Waals surface area contributed by atoms with Crippen LogP contribution in [-0.2, 0) is 16.0 Å². The van der Waals surface area contributed by atoms with E-state index in [0.717, 1.165) is 25.9 Å². The molecule has 1 aliphatic heterocycles. The van der Waals surface area contributed by atoms with Gasteiger partial charge in [0.2, 0.25) is 5.91 Å². The van der Waals surface area contributed by atoms with Gasteiger partial charge in [-0.05, 0) is 31.7 Å². The van der Waals surface area contributed by atoms with Crippen LogP contribution in [-0.4, -0.2) is 25.2 Å². The second-order valence-electron chi connectivity index (χ2n) is 4.93. The Morgan fingerprint density at radius 3 is 3.11 bits per heavy atom. The predicted molar refractivity (Wildman–Crippen MR) is 71.5 cm³/mol. The summed E-state index contributed by atoms with van der Waals surface area (Å²) in [7, 11) is 0. The minimum absolute atomic E-state index is 0.118. The van der Waals surface area contributed by atoms with Crippen molar-refractivity contribution in [1.29, 1.82) is 0 Å². The van der Waals surface area contributed by atoms with Gasteiger partial charge in [0, 0.05) is 19.6 Å². The van der Waals surface area contributed by atoms with Gasteiger partial charge in [0.15, 0.2) is 0 Å². The lowest BCUT2D eigenvalue weighted by Gasteiger charge is -2.10. The van der Waals surface area contributed by atoms with Crippen molar-refractivity contribution in [3.05, 3.63) is 35.4 Å². The first-order chi connectivity index (χ1) is 8.74. The smallest absolute Gasteiger partial charge is 0.220 e. The van der Waals surface area contributed by atoms with Crippen LogP contribution < -0.4 is 5.32 Å². The molecule has 1 fully saturated rings. The molecule has 1 saturated heterocycles. The summed E-state index contributed by atoms with van der Waals surface area (Å²) in [5.41, 5.74) is 2.47. The fraction of sp³-hybridized carbons (Fsp3) is 0.533. The van der Waals surface area contributed by atoms with Crippen LogP contribution in [0.3, 0.4) is 0 Å². The van der Waals surface area contributed by atoms with E-state index in [1.807, 2.05) is 6.07 Å². The largest absolute Gasteiger partial charge is 0.376 e. The number of ether oxygens (including phenoxy) is 1. The topological polar surface area (TPSA) is 38.3 Å². The molecule has 0 aliphatic carbocycles. The molecule has 3 nitrogen and oxygen atoms in total. The van der Waals surface area contributed by atoms with E-state index in [-0.39, 0.29) is 12.0 Å². The first kappa shape index (κ1) is 13.1. The van der Waals surface area contributed by atoms with Crippen LogP contribution in [0.15, 0.2) is 24.3 Å². The fourth-order valence-electron chi connectivity index (χ4n) is 2.25.